The minimum atomic E-state index is -1.03. The van der Waals surface area contributed by atoms with Crippen molar-refractivity contribution in [1.82, 2.24) is 0 Å². The fourth-order valence-electron chi connectivity index (χ4n) is 1.28. The summed E-state index contributed by atoms with van der Waals surface area (Å²) in [5.74, 6) is -1.98. The van der Waals surface area contributed by atoms with Crippen molar-refractivity contribution in [2.45, 2.75) is 26.4 Å². The highest BCUT2D eigenvalue weighted by Crippen LogP contribution is 2.28. The second kappa shape index (κ2) is 4.59. The van der Waals surface area contributed by atoms with Crippen LogP contribution in [0.3, 0.4) is 0 Å². The molecule has 0 unspecified atom stereocenters. The Balaban J connectivity index is 3.28. The van der Waals surface area contributed by atoms with Crippen molar-refractivity contribution < 1.29 is 18.8 Å². The molecule has 2 N–H and O–H groups in total. The van der Waals surface area contributed by atoms with E-state index in [-0.39, 0.29) is 0 Å². The summed E-state index contributed by atoms with van der Waals surface area (Å²) in [7, 11) is 0. The molecular weight excluding hydrogens is 243 g/mol. The first kappa shape index (κ1) is 13.9. The first-order chi connectivity index (χ1) is 8.13. The molecule has 1 rings (SSSR count). The normalized spacial score (nSPS) is 11.1. The van der Waals surface area contributed by atoms with Gasteiger partial charge in [0.1, 0.15) is 22.7 Å². The lowest BCUT2D eigenvalue weighted by Gasteiger charge is -2.20. The zero-order valence-electron chi connectivity index (χ0n) is 10.2. The SMILES string of the molecule is CC(C)(C)OC(=O)c1c(F)ccc([N+](=O)[O-])c1N. The number of nitrogen functional groups attached to an aromatic ring is 1. The molecule has 0 saturated heterocycles. The molecule has 0 amide bonds. The van der Waals surface area contributed by atoms with Crippen molar-refractivity contribution >= 4 is 17.3 Å². The van der Waals surface area contributed by atoms with E-state index < -0.39 is 39.2 Å². The van der Waals surface area contributed by atoms with Gasteiger partial charge in [0.2, 0.25) is 0 Å². The highest BCUT2D eigenvalue weighted by molar-refractivity contribution is 5.97. The third kappa shape index (κ3) is 2.93. The summed E-state index contributed by atoms with van der Waals surface area (Å²) in [4.78, 5) is 21.6. The van der Waals surface area contributed by atoms with Gasteiger partial charge >= 0.3 is 5.97 Å². The number of anilines is 1. The van der Waals surface area contributed by atoms with Crippen molar-refractivity contribution in [1.29, 1.82) is 0 Å². The van der Waals surface area contributed by atoms with Gasteiger partial charge in [0.25, 0.3) is 5.69 Å². The number of carbonyl (C=O) groups excluding carboxylic acids is 1. The van der Waals surface area contributed by atoms with Gasteiger partial charge in [0.15, 0.2) is 0 Å². The lowest BCUT2D eigenvalue weighted by Crippen LogP contribution is -2.25. The smallest absolute Gasteiger partial charge is 0.344 e. The minimum absolute atomic E-state index is 0.530. The maximum atomic E-state index is 13.5. The third-order valence-corrected chi connectivity index (χ3v) is 1.97. The molecule has 0 saturated carbocycles. The van der Waals surface area contributed by atoms with Crippen LogP contribution in [0.25, 0.3) is 0 Å². The van der Waals surface area contributed by atoms with E-state index in [2.05, 4.69) is 0 Å². The van der Waals surface area contributed by atoms with Crippen LogP contribution >= 0.6 is 0 Å². The molecule has 1 aromatic carbocycles. The molecule has 0 spiro atoms. The fourth-order valence-corrected chi connectivity index (χ4v) is 1.28. The number of rotatable bonds is 2. The van der Waals surface area contributed by atoms with Crippen LogP contribution in [0.15, 0.2) is 12.1 Å². The molecule has 0 atom stereocenters. The average molecular weight is 256 g/mol. The number of ether oxygens (including phenoxy) is 1. The summed E-state index contributed by atoms with van der Waals surface area (Å²) in [6.07, 6.45) is 0. The minimum Gasteiger partial charge on any atom is -0.456 e. The average Bonchev–Trinajstić information content (AvgIpc) is 2.13. The molecule has 0 bridgehead atoms. The van der Waals surface area contributed by atoms with Gasteiger partial charge in [-0.25, -0.2) is 9.18 Å². The monoisotopic (exact) mass is 256 g/mol. The molecule has 0 radical (unpaired) electrons. The summed E-state index contributed by atoms with van der Waals surface area (Å²) in [5, 5.41) is 10.6. The van der Waals surface area contributed by atoms with Gasteiger partial charge in [0.05, 0.1) is 4.92 Å². The van der Waals surface area contributed by atoms with E-state index in [9.17, 15) is 19.3 Å². The van der Waals surface area contributed by atoms with Gasteiger partial charge in [-0.3, -0.25) is 10.1 Å². The Morgan fingerprint density at radius 3 is 2.44 bits per heavy atom. The lowest BCUT2D eigenvalue weighted by molar-refractivity contribution is -0.384. The number of carbonyl (C=O) groups is 1. The van der Waals surface area contributed by atoms with E-state index in [1.807, 2.05) is 0 Å². The summed E-state index contributed by atoms with van der Waals surface area (Å²) < 4.78 is 18.5. The number of hydrogen-bond donors (Lipinski definition) is 1. The van der Waals surface area contributed by atoms with Crippen LogP contribution in [0.2, 0.25) is 0 Å². The predicted octanol–water partition coefficient (Wildman–Crippen LogP) is 2.27. The Morgan fingerprint density at radius 2 is 2.00 bits per heavy atom. The van der Waals surface area contributed by atoms with Gasteiger partial charge in [-0.05, 0) is 26.8 Å². The van der Waals surface area contributed by atoms with E-state index in [1.54, 1.807) is 20.8 Å². The topological polar surface area (TPSA) is 95.5 Å². The zero-order valence-corrected chi connectivity index (χ0v) is 10.2. The largest absolute Gasteiger partial charge is 0.456 e. The van der Waals surface area contributed by atoms with E-state index in [4.69, 9.17) is 10.5 Å². The van der Waals surface area contributed by atoms with Crippen LogP contribution in [0.1, 0.15) is 31.1 Å². The molecule has 0 aromatic heterocycles. The van der Waals surface area contributed by atoms with E-state index in [0.29, 0.717) is 0 Å². The third-order valence-electron chi connectivity index (χ3n) is 1.97. The molecule has 6 nitrogen and oxygen atoms in total. The lowest BCUT2D eigenvalue weighted by atomic mass is 10.1. The van der Waals surface area contributed by atoms with Crippen LogP contribution in [-0.4, -0.2) is 16.5 Å². The van der Waals surface area contributed by atoms with Crippen molar-refractivity contribution in [2.75, 3.05) is 5.73 Å². The van der Waals surface area contributed by atoms with Gasteiger partial charge < -0.3 is 10.5 Å². The fraction of sp³-hybridized carbons (Fsp3) is 0.364. The molecule has 0 aliphatic heterocycles. The van der Waals surface area contributed by atoms with E-state index in [0.717, 1.165) is 12.1 Å². The molecule has 98 valence electrons. The zero-order chi connectivity index (χ0) is 14.1. The van der Waals surface area contributed by atoms with Gasteiger partial charge in [-0.1, -0.05) is 0 Å². The second-order valence-corrected chi connectivity index (χ2v) is 4.61. The number of nitro benzene ring substituents is 1. The number of hydrogen-bond acceptors (Lipinski definition) is 5. The van der Waals surface area contributed by atoms with Crippen LogP contribution in [-0.2, 0) is 4.74 Å². The number of nitrogens with two attached hydrogens (primary N) is 1. The summed E-state index contributed by atoms with van der Waals surface area (Å²) >= 11 is 0. The predicted molar refractivity (Wildman–Crippen MR) is 62.6 cm³/mol. The Hall–Kier alpha value is -2.18. The van der Waals surface area contributed by atoms with Gasteiger partial charge in [0, 0.05) is 6.07 Å². The van der Waals surface area contributed by atoms with E-state index >= 15 is 0 Å². The first-order valence-electron chi connectivity index (χ1n) is 5.09. The van der Waals surface area contributed by atoms with Crippen LogP contribution in [0.4, 0.5) is 15.8 Å². The maximum absolute atomic E-state index is 13.5. The van der Waals surface area contributed by atoms with Gasteiger partial charge in [-0.15, -0.1) is 0 Å². The Bertz CT molecular complexity index is 509. The summed E-state index contributed by atoms with van der Waals surface area (Å²) in [6, 6.07) is 1.71. The molecule has 18 heavy (non-hydrogen) atoms. The van der Waals surface area contributed by atoms with Crippen LogP contribution < -0.4 is 5.73 Å². The van der Waals surface area contributed by atoms with Crippen LogP contribution in [0.5, 0.6) is 0 Å². The number of esters is 1. The first-order valence-corrected chi connectivity index (χ1v) is 5.09. The van der Waals surface area contributed by atoms with Crippen molar-refractivity contribution in [2.24, 2.45) is 0 Å². The Kier molecular flexibility index (Phi) is 3.54. The molecule has 0 fully saturated rings. The summed E-state index contributed by atoms with van der Waals surface area (Å²) in [6.45, 7) is 4.78. The number of nitro groups is 1. The highest BCUT2D eigenvalue weighted by atomic mass is 19.1. The van der Waals surface area contributed by atoms with Gasteiger partial charge in [-0.2, -0.15) is 0 Å². The molecule has 0 heterocycles. The highest BCUT2D eigenvalue weighted by Gasteiger charge is 2.27. The summed E-state index contributed by atoms with van der Waals surface area (Å²) in [5.41, 5.74) is 2.90. The van der Waals surface area contributed by atoms with Crippen LogP contribution in [0, 0.1) is 15.9 Å². The maximum Gasteiger partial charge on any atom is 0.344 e. The molecule has 7 heteroatoms. The Labute approximate surface area is 103 Å². The van der Waals surface area contributed by atoms with E-state index in [1.165, 1.54) is 0 Å². The molecule has 0 aliphatic rings. The quantitative estimate of drug-likeness (QED) is 0.379. The number of nitrogens with zero attached hydrogens (tertiary/aromatic N) is 1. The van der Waals surface area contributed by atoms with Crippen molar-refractivity contribution in [3.8, 4) is 0 Å². The number of halogens is 1. The standard InChI is InChI=1S/C11H13FN2O4/c1-11(2,3)18-10(15)8-6(12)4-5-7(9(8)13)14(16)17/h4-5H,13H2,1-3H3. The molecular formula is C11H13FN2O4. The van der Waals surface area contributed by atoms with Crippen molar-refractivity contribution in [3.05, 3.63) is 33.6 Å². The molecule has 1 aromatic rings. The number of benzene rings is 1. The second-order valence-electron chi connectivity index (χ2n) is 4.61. The molecule has 0 aliphatic carbocycles. The Morgan fingerprint density at radius 1 is 1.44 bits per heavy atom. The van der Waals surface area contributed by atoms with Crippen molar-refractivity contribution in [3.63, 3.8) is 0 Å².